The van der Waals surface area contributed by atoms with Crippen LogP contribution in [-0.2, 0) is 4.74 Å². The van der Waals surface area contributed by atoms with E-state index in [1.165, 1.54) is 12.7 Å². The molecule has 1 atom stereocenters. The number of nitrogens with two attached hydrogens (primary N) is 1. The number of benzene rings is 2. The van der Waals surface area contributed by atoms with Crippen molar-refractivity contribution < 1.29 is 9.53 Å². The van der Waals surface area contributed by atoms with Gasteiger partial charge < -0.3 is 15.8 Å². The van der Waals surface area contributed by atoms with E-state index in [-0.39, 0.29) is 6.04 Å². The first kappa shape index (κ1) is 14.9. The zero-order valence-corrected chi connectivity index (χ0v) is 12.3. The molecule has 0 aliphatic rings. The van der Waals surface area contributed by atoms with Crippen LogP contribution in [0.5, 0.6) is 0 Å². The number of hydrogen-bond acceptors (Lipinski definition) is 4. The molecule has 2 aromatic rings. The molecule has 4 heteroatoms. The molecule has 3 N–H and O–H groups in total. The topological polar surface area (TPSA) is 64.3 Å². The number of carbonyl (C=O) groups excluding carboxylic acids is 1. The Morgan fingerprint density at radius 2 is 1.95 bits per heavy atom. The zero-order chi connectivity index (χ0) is 15.2. The molecule has 0 saturated carbocycles. The van der Waals surface area contributed by atoms with Crippen LogP contribution in [0.25, 0.3) is 0 Å². The lowest BCUT2D eigenvalue weighted by Gasteiger charge is -2.20. The van der Waals surface area contributed by atoms with Crippen LogP contribution in [0, 0.1) is 0 Å². The van der Waals surface area contributed by atoms with Crippen LogP contribution in [0.1, 0.15) is 35.3 Å². The summed E-state index contributed by atoms with van der Waals surface area (Å²) in [7, 11) is 1.36. The maximum atomic E-state index is 11.9. The van der Waals surface area contributed by atoms with Crippen molar-refractivity contribution in [2.45, 2.75) is 19.4 Å². The molecule has 0 aromatic heterocycles. The fourth-order valence-corrected chi connectivity index (χ4v) is 2.26. The molecule has 0 radical (unpaired) electrons. The van der Waals surface area contributed by atoms with Gasteiger partial charge in [0.1, 0.15) is 0 Å². The van der Waals surface area contributed by atoms with Crippen LogP contribution in [0.4, 0.5) is 11.4 Å². The highest BCUT2D eigenvalue weighted by atomic mass is 16.5. The van der Waals surface area contributed by atoms with Crippen LogP contribution in [-0.4, -0.2) is 13.1 Å². The molecule has 0 spiro atoms. The minimum atomic E-state index is -0.396. The molecule has 0 bridgehead atoms. The smallest absolute Gasteiger partial charge is 0.340 e. The maximum absolute atomic E-state index is 11.9. The normalized spacial score (nSPS) is 11.7. The van der Waals surface area contributed by atoms with E-state index in [2.05, 4.69) is 24.4 Å². The number of carbonyl (C=O) groups is 1. The molecule has 0 saturated heterocycles. The highest BCUT2D eigenvalue weighted by Gasteiger charge is 2.16. The summed E-state index contributed by atoms with van der Waals surface area (Å²) in [6.07, 6.45) is 0.898. The number of ether oxygens (including phenoxy) is 1. The van der Waals surface area contributed by atoms with Crippen LogP contribution in [0.3, 0.4) is 0 Å². The molecule has 0 amide bonds. The number of nitrogens with one attached hydrogen (secondary N) is 1. The second-order valence-electron chi connectivity index (χ2n) is 4.81. The van der Waals surface area contributed by atoms with Crippen molar-refractivity contribution >= 4 is 17.3 Å². The number of rotatable bonds is 5. The van der Waals surface area contributed by atoms with Crippen molar-refractivity contribution in [1.29, 1.82) is 0 Å². The van der Waals surface area contributed by atoms with Gasteiger partial charge in [0.25, 0.3) is 0 Å². The fraction of sp³-hybridized carbons (Fsp3) is 0.235. The van der Waals surface area contributed by atoms with Crippen molar-refractivity contribution in [2.75, 3.05) is 18.2 Å². The summed E-state index contributed by atoms with van der Waals surface area (Å²) in [5.74, 6) is -0.396. The van der Waals surface area contributed by atoms with E-state index in [9.17, 15) is 4.79 Å². The first-order chi connectivity index (χ1) is 10.2. The van der Waals surface area contributed by atoms with E-state index in [1.54, 1.807) is 12.1 Å². The predicted molar refractivity (Wildman–Crippen MR) is 85.3 cm³/mol. The predicted octanol–water partition coefficient (Wildman–Crippen LogP) is 3.62. The minimum Gasteiger partial charge on any atom is -0.465 e. The highest BCUT2D eigenvalue weighted by molar-refractivity contribution is 5.96. The first-order valence-electron chi connectivity index (χ1n) is 6.95. The molecule has 2 rings (SSSR count). The molecule has 0 aliphatic heterocycles. The van der Waals surface area contributed by atoms with Gasteiger partial charge in [-0.25, -0.2) is 4.79 Å². The standard InChI is InChI=1S/C17H20N2O2/c1-3-15(12-7-5-4-6-8-12)19-16-10-9-13(18)11-14(16)17(20)21-2/h4-11,15,19H,3,18H2,1-2H3. The van der Waals surface area contributed by atoms with Gasteiger partial charge in [-0.05, 0) is 30.2 Å². The minimum absolute atomic E-state index is 0.123. The third-order valence-electron chi connectivity index (χ3n) is 3.39. The molecule has 2 aromatic carbocycles. The Morgan fingerprint density at radius 1 is 1.24 bits per heavy atom. The van der Waals surface area contributed by atoms with Crippen LogP contribution in [0.2, 0.25) is 0 Å². The quantitative estimate of drug-likeness (QED) is 0.650. The van der Waals surface area contributed by atoms with Gasteiger partial charge in [0.15, 0.2) is 0 Å². The second-order valence-corrected chi connectivity index (χ2v) is 4.81. The van der Waals surface area contributed by atoms with Gasteiger partial charge >= 0.3 is 5.97 Å². The lowest BCUT2D eigenvalue weighted by molar-refractivity contribution is 0.0602. The highest BCUT2D eigenvalue weighted by Crippen LogP contribution is 2.26. The Balaban J connectivity index is 2.31. The molecule has 4 nitrogen and oxygen atoms in total. The molecule has 1 unspecified atom stereocenters. The summed E-state index contributed by atoms with van der Waals surface area (Å²) in [4.78, 5) is 11.9. The van der Waals surface area contributed by atoms with Crippen molar-refractivity contribution in [3.8, 4) is 0 Å². The second kappa shape index (κ2) is 6.79. The number of esters is 1. The zero-order valence-electron chi connectivity index (χ0n) is 12.3. The van der Waals surface area contributed by atoms with Gasteiger partial charge in [-0.2, -0.15) is 0 Å². The summed E-state index contributed by atoms with van der Waals surface area (Å²) in [6.45, 7) is 2.10. The average Bonchev–Trinajstić information content (AvgIpc) is 2.53. The number of anilines is 2. The SMILES string of the molecule is CCC(Nc1ccc(N)cc1C(=O)OC)c1ccccc1. The Kier molecular flexibility index (Phi) is 4.82. The van der Waals surface area contributed by atoms with Crippen LogP contribution < -0.4 is 11.1 Å². The Morgan fingerprint density at radius 3 is 2.57 bits per heavy atom. The summed E-state index contributed by atoms with van der Waals surface area (Å²) in [6, 6.07) is 15.5. The molecule has 0 heterocycles. The van der Waals surface area contributed by atoms with Gasteiger partial charge in [0, 0.05) is 11.4 Å². The molecule has 0 aliphatic carbocycles. The lowest BCUT2D eigenvalue weighted by Crippen LogP contribution is -2.14. The van der Waals surface area contributed by atoms with E-state index in [1.807, 2.05) is 24.3 Å². The Bertz CT molecular complexity index is 611. The molecular formula is C17H20N2O2. The fourth-order valence-electron chi connectivity index (χ4n) is 2.26. The summed E-state index contributed by atoms with van der Waals surface area (Å²) in [5, 5.41) is 3.40. The number of hydrogen-bond donors (Lipinski definition) is 2. The van der Waals surface area contributed by atoms with Crippen molar-refractivity contribution in [3.63, 3.8) is 0 Å². The van der Waals surface area contributed by atoms with Gasteiger partial charge in [-0.1, -0.05) is 37.3 Å². The van der Waals surface area contributed by atoms with E-state index in [4.69, 9.17) is 10.5 Å². The van der Waals surface area contributed by atoms with Gasteiger partial charge in [-0.15, -0.1) is 0 Å². The largest absolute Gasteiger partial charge is 0.465 e. The van der Waals surface area contributed by atoms with Gasteiger partial charge in [0.2, 0.25) is 0 Å². The molecule has 110 valence electrons. The maximum Gasteiger partial charge on any atom is 0.340 e. The first-order valence-corrected chi connectivity index (χ1v) is 6.95. The number of methoxy groups -OCH3 is 1. The summed E-state index contributed by atoms with van der Waals surface area (Å²) >= 11 is 0. The Hall–Kier alpha value is -2.49. The average molecular weight is 284 g/mol. The lowest BCUT2D eigenvalue weighted by atomic mass is 10.0. The van der Waals surface area contributed by atoms with Crippen LogP contribution >= 0.6 is 0 Å². The third-order valence-corrected chi connectivity index (χ3v) is 3.39. The molecular weight excluding hydrogens is 264 g/mol. The summed E-state index contributed by atoms with van der Waals surface area (Å²) < 4.78 is 4.82. The third kappa shape index (κ3) is 3.54. The van der Waals surface area contributed by atoms with E-state index >= 15 is 0 Å². The van der Waals surface area contributed by atoms with Crippen molar-refractivity contribution in [3.05, 3.63) is 59.7 Å². The van der Waals surface area contributed by atoms with Gasteiger partial charge in [-0.3, -0.25) is 0 Å². The Labute approximate surface area is 124 Å². The van der Waals surface area contributed by atoms with E-state index < -0.39 is 5.97 Å². The van der Waals surface area contributed by atoms with Crippen molar-refractivity contribution in [2.24, 2.45) is 0 Å². The number of nitrogen functional groups attached to an aromatic ring is 1. The van der Waals surface area contributed by atoms with Gasteiger partial charge in [0.05, 0.1) is 18.7 Å². The van der Waals surface area contributed by atoms with E-state index in [0.29, 0.717) is 11.3 Å². The van der Waals surface area contributed by atoms with Crippen molar-refractivity contribution in [1.82, 2.24) is 0 Å². The summed E-state index contributed by atoms with van der Waals surface area (Å²) in [5.41, 5.74) is 8.65. The monoisotopic (exact) mass is 284 g/mol. The van der Waals surface area contributed by atoms with E-state index in [0.717, 1.165) is 12.1 Å². The molecule has 0 fully saturated rings. The van der Waals surface area contributed by atoms with Crippen LogP contribution in [0.15, 0.2) is 48.5 Å². The molecule has 21 heavy (non-hydrogen) atoms.